The van der Waals surface area contributed by atoms with E-state index in [2.05, 4.69) is 65.7 Å². The molecule has 0 unspecified atom stereocenters. The van der Waals surface area contributed by atoms with Crippen molar-refractivity contribution in [3.8, 4) is 11.4 Å². The quantitative estimate of drug-likeness (QED) is 0.131. The molecule has 0 atom stereocenters. The first kappa shape index (κ1) is 27.7. The maximum atomic E-state index is 2.50. The van der Waals surface area contributed by atoms with Gasteiger partial charge in [-0.3, -0.25) is 0 Å². The fourth-order valence-electron chi connectivity index (χ4n) is 4.93. The molecule has 0 aliphatic carbocycles. The molecule has 2 nitrogen and oxygen atoms in total. The molecule has 0 bridgehead atoms. The van der Waals surface area contributed by atoms with E-state index in [4.69, 9.17) is 0 Å². The molecule has 0 amide bonds. The van der Waals surface area contributed by atoms with Gasteiger partial charge in [0.15, 0.2) is 0 Å². The molecule has 1 aromatic heterocycles. The monoisotopic (exact) mass is 453 g/mol. The van der Waals surface area contributed by atoms with Crippen LogP contribution < -0.4 is 4.57 Å². The number of hydrogen-bond acceptors (Lipinski definition) is 0. The number of aromatic nitrogens is 2. The van der Waals surface area contributed by atoms with Crippen LogP contribution in [0.25, 0.3) is 11.4 Å². The Hall–Kier alpha value is -1.57. The summed E-state index contributed by atoms with van der Waals surface area (Å²) in [7, 11) is 0. The minimum Gasteiger partial charge on any atom is -0.230 e. The van der Waals surface area contributed by atoms with Gasteiger partial charge in [0, 0.05) is 0 Å². The van der Waals surface area contributed by atoms with Crippen LogP contribution in [0, 0.1) is 0 Å². The summed E-state index contributed by atoms with van der Waals surface area (Å²) in [6.07, 6.45) is 29.7. The number of aryl methyl sites for hydroxylation is 2. The SMILES string of the molecule is CCCCCCCCCCCC[n+]1ccn(CCCCCCCCCC)c1-c1ccccc1. The number of rotatable bonds is 21. The fourth-order valence-corrected chi connectivity index (χ4v) is 4.93. The van der Waals surface area contributed by atoms with Gasteiger partial charge in [-0.25, -0.2) is 9.13 Å². The summed E-state index contributed by atoms with van der Waals surface area (Å²) in [6, 6.07) is 11.0. The van der Waals surface area contributed by atoms with Crippen LogP contribution in [0.5, 0.6) is 0 Å². The standard InChI is InChI=1S/C31H53N2/c1-3-5-7-9-11-13-14-16-18-23-27-33-29-28-32(31(33)30-24-20-19-21-25-30)26-22-17-15-12-10-8-6-4-2/h19-21,24-25,28-29H,3-18,22-23,26-27H2,1-2H3/q+1. The van der Waals surface area contributed by atoms with E-state index in [0.29, 0.717) is 0 Å². The summed E-state index contributed by atoms with van der Waals surface area (Å²) >= 11 is 0. The van der Waals surface area contributed by atoms with Gasteiger partial charge in [-0.2, -0.15) is 0 Å². The van der Waals surface area contributed by atoms with Crippen molar-refractivity contribution in [1.29, 1.82) is 0 Å². The zero-order chi connectivity index (χ0) is 23.4. The summed E-state index contributed by atoms with van der Waals surface area (Å²) in [5, 5.41) is 0. The average Bonchev–Trinajstić information content (AvgIpc) is 3.25. The minimum atomic E-state index is 1.14. The smallest absolute Gasteiger partial charge is 0.230 e. The Morgan fingerprint density at radius 2 is 1.06 bits per heavy atom. The highest BCUT2D eigenvalue weighted by molar-refractivity contribution is 5.52. The fraction of sp³-hybridized carbons (Fsp3) is 0.710. The number of unbranched alkanes of at least 4 members (excludes halogenated alkanes) is 16. The van der Waals surface area contributed by atoms with Gasteiger partial charge in [0.2, 0.25) is 0 Å². The molecule has 0 aliphatic heterocycles. The molecule has 186 valence electrons. The van der Waals surface area contributed by atoms with Crippen molar-refractivity contribution in [3.05, 3.63) is 42.7 Å². The van der Waals surface area contributed by atoms with Gasteiger partial charge in [0.25, 0.3) is 5.82 Å². The molecule has 0 fully saturated rings. The molecule has 2 heteroatoms. The lowest BCUT2D eigenvalue weighted by atomic mass is 10.1. The van der Waals surface area contributed by atoms with Crippen LogP contribution in [0.2, 0.25) is 0 Å². The first-order valence-corrected chi connectivity index (χ1v) is 14.5. The number of benzene rings is 1. The van der Waals surface area contributed by atoms with E-state index in [9.17, 15) is 0 Å². The summed E-state index contributed by atoms with van der Waals surface area (Å²) in [5.74, 6) is 1.40. The van der Waals surface area contributed by atoms with Gasteiger partial charge in [-0.1, -0.05) is 122 Å². The maximum absolute atomic E-state index is 2.50. The second kappa shape index (κ2) is 18.8. The Labute approximate surface area is 205 Å². The van der Waals surface area contributed by atoms with Crippen LogP contribution in [-0.2, 0) is 13.1 Å². The zero-order valence-electron chi connectivity index (χ0n) is 22.1. The second-order valence-electron chi connectivity index (χ2n) is 10.0. The van der Waals surface area contributed by atoms with E-state index in [0.717, 1.165) is 13.1 Å². The van der Waals surface area contributed by atoms with Crippen molar-refractivity contribution in [2.45, 2.75) is 143 Å². The molecule has 33 heavy (non-hydrogen) atoms. The highest BCUT2D eigenvalue weighted by atomic mass is 15.1. The predicted octanol–water partition coefficient (Wildman–Crippen LogP) is 9.50. The second-order valence-corrected chi connectivity index (χ2v) is 10.0. The van der Waals surface area contributed by atoms with Crippen LogP contribution >= 0.6 is 0 Å². The third kappa shape index (κ3) is 11.9. The number of imidazole rings is 1. The molecule has 0 radical (unpaired) electrons. The van der Waals surface area contributed by atoms with Gasteiger partial charge in [-0.05, 0) is 37.8 Å². The molecule has 0 aliphatic rings. The highest BCUT2D eigenvalue weighted by Gasteiger charge is 2.18. The molecule has 2 rings (SSSR count). The Morgan fingerprint density at radius 1 is 0.576 bits per heavy atom. The summed E-state index contributed by atoms with van der Waals surface area (Å²) in [4.78, 5) is 0. The van der Waals surface area contributed by atoms with Crippen molar-refractivity contribution in [2.24, 2.45) is 0 Å². The van der Waals surface area contributed by atoms with Gasteiger partial charge in [-0.15, -0.1) is 0 Å². The highest BCUT2D eigenvalue weighted by Crippen LogP contribution is 2.18. The largest absolute Gasteiger partial charge is 0.288 e. The van der Waals surface area contributed by atoms with E-state index in [-0.39, 0.29) is 0 Å². The van der Waals surface area contributed by atoms with Crippen LogP contribution in [0.4, 0.5) is 0 Å². The van der Waals surface area contributed by atoms with Crippen LogP contribution in [-0.4, -0.2) is 4.57 Å². The Kier molecular flexibility index (Phi) is 15.8. The van der Waals surface area contributed by atoms with Gasteiger partial charge < -0.3 is 0 Å². The van der Waals surface area contributed by atoms with Crippen molar-refractivity contribution in [1.82, 2.24) is 4.57 Å². The lowest BCUT2D eigenvalue weighted by Crippen LogP contribution is -2.34. The molecule has 0 spiro atoms. The van der Waals surface area contributed by atoms with Gasteiger partial charge >= 0.3 is 0 Å². The summed E-state index contributed by atoms with van der Waals surface area (Å²) in [6.45, 7) is 6.88. The molecular formula is C31H53N2+. The minimum absolute atomic E-state index is 1.14. The lowest BCUT2D eigenvalue weighted by Gasteiger charge is -2.07. The van der Waals surface area contributed by atoms with Crippen LogP contribution in [0.15, 0.2) is 42.7 Å². The third-order valence-electron chi connectivity index (χ3n) is 7.01. The van der Waals surface area contributed by atoms with E-state index in [1.165, 1.54) is 127 Å². The maximum Gasteiger partial charge on any atom is 0.288 e. The topological polar surface area (TPSA) is 8.81 Å². The van der Waals surface area contributed by atoms with Crippen LogP contribution in [0.1, 0.15) is 129 Å². The normalized spacial score (nSPS) is 11.3. The van der Waals surface area contributed by atoms with Gasteiger partial charge in [0.05, 0.1) is 18.7 Å². The van der Waals surface area contributed by atoms with Crippen molar-refractivity contribution in [3.63, 3.8) is 0 Å². The number of hydrogen-bond donors (Lipinski definition) is 0. The predicted molar refractivity (Wildman–Crippen MR) is 145 cm³/mol. The number of nitrogens with zero attached hydrogens (tertiary/aromatic N) is 2. The first-order chi connectivity index (χ1) is 16.4. The molecule has 0 N–H and O–H groups in total. The van der Waals surface area contributed by atoms with E-state index in [1.54, 1.807) is 0 Å². The summed E-state index contributed by atoms with van der Waals surface area (Å²) < 4.78 is 5.01. The van der Waals surface area contributed by atoms with Crippen molar-refractivity contribution < 1.29 is 4.57 Å². The van der Waals surface area contributed by atoms with E-state index < -0.39 is 0 Å². The Morgan fingerprint density at radius 3 is 1.61 bits per heavy atom. The molecule has 2 aromatic rings. The average molecular weight is 454 g/mol. The van der Waals surface area contributed by atoms with E-state index >= 15 is 0 Å². The van der Waals surface area contributed by atoms with Crippen molar-refractivity contribution in [2.75, 3.05) is 0 Å². The zero-order valence-corrected chi connectivity index (χ0v) is 22.1. The molecule has 1 aromatic carbocycles. The lowest BCUT2D eigenvalue weighted by molar-refractivity contribution is -0.686. The Bertz CT molecular complexity index is 688. The summed E-state index contributed by atoms with van der Waals surface area (Å²) in [5.41, 5.74) is 1.36. The molecule has 1 heterocycles. The van der Waals surface area contributed by atoms with Crippen molar-refractivity contribution >= 4 is 0 Å². The molecule has 0 saturated carbocycles. The van der Waals surface area contributed by atoms with E-state index in [1.807, 2.05) is 0 Å². The van der Waals surface area contributed by atoms with Gasteiger partial charge in [0.1, 0.15) is 12.4 Å². The first-order valence-electron chi connectivity index (χ1n) is 14.5. The van der Waals surface area contributed by atoms with Crippen LogP contribution in [0.3, 0.4) is 0 Å². The Balaban J connectivity index is 1.73. The molecular weight excluding hydrogens is 400 g/mol. The third-order valence-corrected chi connectivity index (χ3v) is 7.01. The molecule has 0 saturated heterocycles.